The van der Waals surface area contributed by atoms with Crippen LogP contribution in [-0.2, 0) is 20.9 Å². The van der Waals surface area contributed by atoms with E-state index in [4.69, 9.17) is 0 Å². The first kappa shape index (κ1) is 26.1. The van der Waals surface area contributed by atoms with E-state index in [0.717, 1.165) is 3.63 Å². The van der Waals surface area contributed by atoms with Crippen molar-refractivity contribution in [1.82, 2.24) is 0 Å². The monoisotopic (exact) mass is 485 g/mol. The summed E-state index contributed by atoms with van der Waals surface area (Å²) >= 11 is -1.39. The van der Waals surface area contributed by atoms with Gasteiger partial charge in [0.05, 0.1) is 0 Å². The van der Waals surface area contributed by atoms with Crippen molar-refractivity contribution in [1.29, 1.82) is 0 Å². The molecule has 0 nitrogen and oxygen atoms in total. The molecule has 1 unspecified atom stereocenters. The predicted octanol–water partition coefficient (Wildman–Crippen LogP) is 0.333. The average molecular weight is 488 g/mol. The number of hydrogen-bond acceptors (Lipinski definition) is 0. The van der Waals surface area contributed by atoms with Crippen molar-refractivity contribution in [2.75, 3.05) is 0 Å². The van der Waals surface area contributed by atoms with Crippen molar-refractivity contribution in [3.05, 3.63) is 62.5 Å². The van der Waals surface area contributed by atoms with E-state index in [9.17, 15) is 0 Å². The van der Waals surface area contributed by atoms with Gasteiger partial charge in [0.25, 0.3) is 0 Å². The van der Waals surface area contributed by atoms with E-state index in [1.165, 1.54) is 37.7 Å². The SMILES string of the molecule is CCCCCC.C[SiH2][Zr+2]([C]1=CC=CC1)[CH]1C(C)=Cc2ccccc21.[Cl-].[Cl-]. The molecule has 26 heavy (non-hydrogen) atoms. The molecule has 1 aromatic rings. The summed E-state index contributed by atoms with van der Waals surface area (Å²) in [5, 5.41) is 0. The minimum absolute atomic E-state index is 0. The Balaban J connectivity index is 0.000000687. The van der Waals surface area contributed by atoms with Crippen LogP contribution in [0.3, 0.4) is 0 Å². The van der Waals surface area contributed by atoms with Gasteiger partial charge in [-0.2, -0.15) is 0 Å². The van der Waals surface area contributed by atoms with Crippen LogP contribution in [0.1, 0.15) is 67.6 Å². The number of unbranched alkanes of at least 4 members (excludes halogenated alkanes) is 3. The summed E-state index contributed by atoms with van der Waals surface area (Å²) in [6, 6.07) is 9.06. The number of hydrogen-bond donors (Lipinski definition) is 0. The Hall–Kier alpha value is 0.120. The molecule has 0 bridgehead atoms. The first-order valence-corrected chi connectivity index (χ1v) is 19.7. The molecule has 1 atom stereocenters. The van der Waals surface area contributed by atoms with Crippen molar-refractivity contribution in [3.8, 4) is 0 Å². The summed E-state index contributed by atoms with van der Waals surface area (Å²) < 4.78 is 2.72. The molecule has 0 fully saturated rings. The summed E-state index contributed by atoms with van der Waals surface area (Å²) in [5.41, 5.74) is 4.78. The third-order valence-electron chi connectivity index (χ3n) is 5.02. The molecule has 4 heteroatoms. The fourth-order valence-electron chi connectivity index (χ4n) is 3.74. The fourth-order valence-corrected chi connectivity index (χ4v) is 21.5. The van der Waals surface area contributed by atoms with Gasteiger partial charge in [-0.15, -0.1) is 0 Å². The van der Waals surface area contributed by atoms with Gasteiger partial charge in [-0.1, -0.05) is 39.5 Å². The van der Waals surface area contributed by atoms with Gasteiger partial charge in [0.1, 0.15) is 0 Å². The molecule has 0 saturated carbocycles. The Kier molecular flexibility index (Phi) is 14.2. The first-order valence-electron chi connectivity index (χ1n) is 9.71. The van der Waals surface area contributed by atoms with Crippen molar-refractivity contribution >= 4 is 12.7 Å². The van der Waals surface area contributed by atoms with Gasteiger partial charge in [0, 0.05) is 0 Å². The molecule has 1 aromatic carbocycles. The summed E-state index contributed by atoms with van der Waals surface area (Å²) in [6.45, 7) is 9.51. The first-order chi connectivity index (χ1) is 11.7. The van der Waals surface area contributed by atoms with E-state index in [2.05, 4.69) is 75.9 Å². The molecule has 0 saturated heterocycles. The van der Waals surface area contributed by atoms with Crippen LogP contribution in [0, 0.1) is 0 Å². The van der Waals surface area contributed by atoms with Gasteiger partial charge in [0.2, 0.25) is 0 Å². The fraction of sp³-hybridized carbons (Fsp3) is 0.455. The largest absolute Gasteiger partial charge is 1.00 e. The molecule has 0 aliphatic heterocycles. The van der Waals surface area contributed by atoms with Crippen molar-refractivity contribution in [3.63, 3.8) is 0 Å². The van der Waals surface area contributed by atoms with E-state index in [1.54, 1.807) is 11.1 Å². The minimum atomic E-state index is -1.39. The normalized spacial score (nSPS) is 16.8. The van der Waals surface area contributed by atoms with Crippen LogP contribution in [0.25, 0.3) is 6.08 Å². The van der Waals surface area contributed by atoms with Crippen molar-refractivity contribution < 1.29 is 45.7 Å². The maximum atomic E-state index is 2.54. The zero-order valence-corrected chi connectivity index (χ0v) is 22.1. The predicted molar refractivity (Wildman–Crippen MR) is 109 cm³/mol. The Morgan fingerprint density at radius 1 is 1.08 bits per heavy atom. The van der Waals surface area contributed by atoms with E-state index < -0.39 is 20.9 Å². The molecular formula is C22H33Cl2SiZr. The Bertz CT molecular complexity index is 618. The molecule has 0 heterocycles. The number of benzene rings is 1. The molecule has 0 amide bonds. The molecule has 0 radical (unpaired) electrons. The Labute approximate surface area is 182 Å². The molecule has 0 aromatic heterocycles. The van der Waals surface area contributed by atoms with Gasteiger partial charge >= 0.3 is 120 Å². The van der Waals surface area contributed by atoms with Crippen molar-refractivity contribution in [2.24, 2.45) is 0 Å². The Morgan fingerprint density at radius 2 is 1.73 bits per heavy atom. The second-order valence-corrected chi connectivity index (χ2v) is 22.9. The maximum absolute atomic E-state index is 2.54. The van der Waals surface area contributed by atoms with Crippen LogP contribution < -0.4 is 24.8 Å². The number of halogens is 2. The quantitative estimate of drug-likeness (QED) is 0.401. The second-order valence-electron chi connectivity index (χ2n) is 6.86. The zero-order chi connectivity index (χ0) is 17.4. The molecule has 2 aliphatic carbocycles. The smallest absolute Gasteiger partial charge is 1.00 e. The molecule has 2 aliphatic rings. The average Bonchev–Trinajstić information content (AvgIpc) is 3.23. The van der Waals surface area contributed by atoms with Crippen LogP contribution in [0.2, 0.25) is 6.55 Å². The van der Waals surface area contributed by atoms with E-state index in [0.29, 0.717) is 0 Å². The molecule has 3 rings (SSSR count). The summed E-state index contributed by atoms with van der Waals surface area (Å²) in [6.07, 6.45) is 16.3. The molecular weight excluding hydrogens is 454 g/mol. The van der Waals surface area contributed by atoms with Gasteiger partial charge in [-0.05, 0) is 0 Å². The topological polar surface area (TPSA) is 0 Å². The van der Waals surface area contributed by atoms with Gasteiger partial charge in [0.15, 0.2) is 0 Å². The van der Waals surface area contributed by atoms with E-state index in [-0.39, 0.29) is 31.5 Å². The van der Waals surface area contributed by atoms with Gasteiger partial charge in [-0.25, -0.2) is 0 Å². The van der Waals surface area contributed by atoms with Crippen LogP contribution >= 0.6 is 0 Å². The maximum Gasteiger partial charge on any atom is -1.00 e. The van der Waals surface area contributed by atoms with E-state index >= 15 is 0 Å². The summed E-state index contributed by atoms with van der Waals surface area (Å²) in [7, 11) is 0. The van der Waals surface area contributed by atoms with Gasteiger partial charge in [-0.3, -0.25) is 0 Å². The molecule has 143 valence electrons. The number of allylic oxidation sites excluding steroid dienone is 5. The van der Waals surface area contributed by atoms with E-state index in [1.807, 2.05) is 3.28 Å². The zero-order valence-electron chi connectivity index (χ0n) is 16.7. The third kappa shape index (κ3) is 6.93. The summed E-state index contributed by atoms with van der Waals surface area (Å²) in [5.74, 6) is 0. The Morgan fingerprint density at radius 3 is 2.27 bits per heavy atom. The van der Waals surface area contributed by atoms with Crippen molar-refractivity contribution in [2.45, 2.75) is 63.0 Å². The summed E-state index contributed by atoms with van der Waals surface area (Å²) in [4.78, 5) is 0. The molecule has 0 N–H and O–H groups in total. The second kappa shape index (κ2) is 14.2. The number of fused-ring (bicyclic) bond motifs is 1. The minimum Gasteiger partial charge on any atom is -1.00 e. The van der Waals surface area contributed by atoms with Crippen LogP contribution in [0.5, 0.6) is 0 Å². The van der Waals surface area contributed by atoms with Crippen LogP contribution in [-0.4, -0.2) is 6.65 Å². The standard InChI is InChI=1S/C10H9.C6H14.C5H5.CH5Si.2ClH.Zr/c1-8-6-9-4-2-3-5-10(9)7-8;1-3-5-6-4-2;1-2-4-5-3-1;1-2;;;/h2-7H,1H3;3-6H2,1-2H3;1-3H,4H2;2H2,1H3;2*1H;/q;;;;;;+2/p-2. The van der Waals surface area contributed by atoms with Crippen LogP contribution in [0.15, 0.2) is 51.3 Å². The number of rotatable bonds is 6. The van der Waals surface area contributed by atoms with Crippen LogP contribution in [0.4, 0.5) is 0 Å². The third-order valence-corrected chi connectivity index (χ3v) is 23.0. The molecule has 0 spiro atoms. The van der Waals surface area contributed by atoms with Gasteiger partial charge < -0.3 is 24.8 Å².